The van der Waals surface area contributed by atoms with Crippen molar-refractivity contribution in [3.8, 4) is 0 Å². The number of piperazine rings is 1. The molecule has 1 unspecified atom stereocenters. The molecule has 21 heavy (non-hydrogen) atoms. The number of nitrogens with zero attached hydrogens (tertiary/aromatic N) is 2. The van der Waals surface area contributed by atoms with Crippen LogP contribution in [0.1, 0.15) is 46.5 Å². The zero-order chi connectivity index (χ0) is 15.5. The van der Waals surface area contributed by atoms with Crippen LogP contribution in [0.5, 0.6) is 0 Å². The van der Waals surface area contributed by atoms with Crippen molar-refractivity contribution < 1.29 is 9.90 Å². The van der Waals surface area contributed by atoms with E-state index in [2.05, 4.69) is 15.1 Å². The van der Waals surface area contributed by atoms with E-state index in [-0.39, 0.29) is 11.9 Å². The first kappa shape index (κ1) is 16.7. The van der Waals surface area contributed by atoms with Crippen molar-refractivity contribution in [3.05, 3.63) is 0 Å². The van der Waals surface area contributed by atoms with Crippen LogP contribution in [0, 0.1) is 0 Å². The van der Waals surface area contributed by atoms with Crippen molar-refractivity contribution >= 4 is 5.91 Å². The Balaban J connectivity index is 1.75. The summed E-state index contributed by atoms with van der Waals surface area (Å²) in [6.45, 7) is 10.5. The molecule has 0 spiro atoms. The molecule has 1 heterocycles. The van der Waals surface area contributed by atoms with Gasteiger partial charge in [0.05, 0.1) is 11.6 Å². The van der Waals surface area contributed by atoms with Crippen molar-refractivity contribution in [2.75, 3.05) is 32.7 Å². The number of rotatable bonds is 7. The predicted molar refractivity (Wildman–Crippen MR) is 84.2 cm³/mol. The van der Waals surface area contributed by atoms with Crippen LogP contribution in [0.4, 0.5) is 0 Å². The summed E-state index contributed by atoms with van der Waals surface area (Å²) in [6.07, 6.45) is 3.87. The number of carbonyl (C=O) groups is 1. The molecule has 2 aliphatic rings. The average molecular weight is 297 g/mol. The molecule has 0 aromatic heterocycles. The molecule has 0 aromatic rings. The highest BCUT2D eigenvalue weighted by molar-refractivity contribution is 5.81. The van der Waals surface area contributed by atoms with Gasteiger partial charge in [-0.15, -0.1) is 0 Å². The third-order valence-corrected chi connectivity index (χ3v) is 5.09. The van der Waals surface area contributed by atoms with Crippen molar-refractivity contribution in [2.45, 2.75) is 64.1 Å². The van der Waals surface area contributed by atoms with Crippen LogP contribution in [-0.2, 0) is 4.79 Å². The number of β-amino-alcohol motifs (C(OH)–C–C–N with tert-alkyl or cyclic N) is 1. The second-order valence-corrected chi connectivity index (χ2v) is 6.70. The Kier molecular flexibility index (Phi) is 5.63. The molecule has 0 bridgehead atoms. The van der Waals surface area contributed by atoms with Crippen LogP contribution in [-0.4, -0.2) is 71.2 Å². The minimum Gasteiger partial charge on any atom is -0.389 e. The Morgan fingerprint density at radius 2 is 1.81 bits per heavy atom. The van der Waals surface area contributed by atoms with Crippen LogP contribution in [0.25, 0.3) is 0 Å². The third-order valence-electron chi connectivity index (χ3n) is 5.09. The van der Waals surface area contributed by atoms with Gasteiger partial charge < -0.3 is 10.4 Å². The normalized spacial score (nSPS) is 23.0. The van der Waals surface area contributed by atoms with E-state index < -0.39 is 5.60 Å². The first-order valence-corrected chi connectivity index (χ1v) is 8.46. The maximum atomic E-state index is 12.1. The van der Waals surface area contributed by atoms with Gasteiger partial charge in [0.25, 0.3) is 0 Å². The van der Waals surface area contributed by atoms with Gasteiger partial charge in [-0.1, -0.05) is 13.8 Å². The van der Waals surface area contributed by atoms with Gasteiger partial charge in [-0.3, -0.25) is 14.6 Å². The summed E-state index contributed by atoms with van der Waals surface area (Å²) in [5.41, 5.74) is -0.558. The van der Waals surface area contributed by atoms with Crippen molar-refractivity contribution in [3.63, 3.8) is 0 Å². The van der Waals surface area contributed by atoms with E-state index in [0.717, 1.165) is 58.4 Å². The molecule has 1 saturated heterocycles. The second-order valence-electron chi connectivity index (χ2n) is 6.70. The Labute approximate surface area is 128 Å². The lowest BCUT2D eigenvalue weighted by Crippen LogP contribution is -2.56. The van der Waals surface area contributed by atoms with Crippen LogP contribution < -0.4 is 5.32 Å². The van der Waals surface area contributed by atoms with Crippen molar-refractivity contribution in [1.29, 1.82) is 0 Å². The largest absolute Gasteiger partial charge is 0.389 e. The topological polar surface area (TPSA) is 55.8 Å². The Hall–Kier alpha value is -0.650. The van der Waals surface area contributed by atoms with Crippen LogP contribution in [0.3, 0.4) is 0 Å². The van der Waals surface area contributed by atoms with Crippen molar-refractivity contribution in [1.82, 2.24) is 15.1 Å². The Bertz CT molecular complexity index is 345. The van der Waals surface area contributed by atoms with E-state index >= 15 is 0 Å². The molecule has 0 radical (unpaired) electrons. The molecule has 1 aliphatic heterocycles. The monoisotopic (exact) mass is 297 g/mol. The summed E-state index contributed by atoms with van der Waals surface area (Å²) in [7, 11) is 0. The first-order chi connectivity index (χ1) is 9.97. The summed E-state index contributed by atoms with van der Waals surface area (Å²) in [6, 6.07) is 0.398. The molecule has 5 heteroatoms. The van der Waals surface area contributed by atoms with Gasteiger partial charge in [-0.25, -0.2) is 0 Å². The Morgan fingerprint density at radius 1 is 1.24 bits per heavy atom. The number of amides is 1. The molecule has 2 rings (SSSR count). The fraction of sp³-hybridized carbons (Fsp3) is 0.938. The van der Waals surface area contributed by atoms with Gasteiger partial charge in [0.1, 0.15) is 0 Å². The lowest BCUT2D eigenvalue weighted by atomic mass is 9.96. The number of carbonyl (C=O) groups excluding carboxylic acids is 1. The summed E-state index contributed by atoms with van der Waals surface area (Å²) in [5, 5.41) is 13.5. The second kappa shape index (κ2) is 7.07. The van der Waals surface area contributed by atoms with Gasteiger partial charge in [-0.2, -0.15) is 0 Å². The molecule has 1 saturated carbocycles. The highest BCUT2D eigenvalue weighted by Crippen LogP contribution is 2.20. The number of nitrogens with one attached hydrogen (secondary N) is 1. The van der Waals surface area contributed by atoms with Crippen LogP contribution in [0.2, 0.25) is 0 Å². The van der Waals surface area contributed by atoms with E-state index in [4.69, 9.17) is 0 Å². The molecule has 1 amide bonds. The molecule has 1 atom stereocenters. The maximum absolute atomic E-state index is 12.1. The van der Waals surface area contributed by atoms with Gasteiger partial charge in [-0.05, 0) is 32.6 Å². The standard InChI is InChI=1S/C16H31N3O2/c1-4-16(21,5-2)12-18-8-10-19(11-9-18)13(3)15(20)17-14-6-7-14/h13-14,21H,4-12H2,1-3H3,(H,17,20). The zero-order valence-corrected chi connectivity index (χ0v) is 13.8. The third kappa shape index (κ3) is 4.66. The summed E-state index contributed by atoms with van der Waals surface area (Å²) in [5.74, 6) is 0.171. The predicted octanol–water partition coefficient (Wildman–Crippen LogP) is 0.822. The molecule has 5 nitrogen and oxygen atoms in total. The fourth-order valence-corrected chi connectivity index (χ4v) is 2.91. The Morgan fingerprint density at radius 3 is 2.29 bits per heavy atom. The minimum atomic E-state index is -0.558. The van der Waals surface area contributed by atoms with Crippen LogP contribution in [0.15, 0.2) is 0 Å². The van der Waals surface area contributed by atoms with Gasteiger partial charge in [0.2, 0.25) is 5.91 Å². The molecule has 2 N–H and O–H groups in total. The lowest BCUT2D eigenvalue weighted by Gasteiger charge is -2.40. The van der Waals surface area contributed by atoms with Crippen LogP contribution >= 0.6 is 0 Å². The zero-order valence-electron chi connectivity index (χ0n) is 13.8. The van der Waals surface area contributed by atoms with Crippen molar-refractivity contribution in [2.24, 2.45) is 0 Å². The number of aliphatic hydroxyl groups is 1. The molecule has 0 aromatic carbocycles. The minimum absolute atomic E-state index is 0.0380. The number of hydrogen-bond donors (Lipinski definition) is 2. The molecular weight excluding hydrogens is 266 g/mol. The number of hydrogen-bond acceptors (Lipinski definition) is 4. The summed E-state index contributed by atoms with van der Waals surface area (Å²) >= 11 is 0. The van der Waals surface area contributed by atoms with E-state index in [1.54, 1.807) is 0 Å². The van der Waals surface area contributed by atoms with E-state index in [1.807, 2.05) is 20.8 Å². The van der Waals surface area contributed by atoms with E-state index in [0.29, 0.717) is 6.04 Å². The van der Waals surface area contributed by atoms with Gasteiger partial charge >= 0.3 is 0 Å². The smallest absolute Gasteiger partial charge is 0.237 e. The SMILES string of the molecule is CCC(O)(CC)CN1CCN(C(C)C(=O)NC2CC2)CC1. The summed E-state index contributed by atoms with van der Waals surface area (Å²) < 4.78 is 0. The average Bonchev–Trinajstić information content (AvgIpc) is 3.31. The molecule has 1 aliphatic carbocycles. The van der Waals surface area contributed by atoms with E-state index in [9.17, 15) is 9.90 Å². The molecular formula is C16H31N3O2. The maximum Gasteiger partial charge on any atom is 0.237 e. The highest BCUT2D eigenvalue weighted by atomic mass is 16.3. The van der Waals surface area contributed by atoms with E-state index in [1.165, 1.54) is 0 Å². The summed E-state index contributed by atoms with van der Waals surface area (Å²) in [4.78, 5) is 16.7. The fourth-order valence-electron chi connectivity index (χ4n) is 2.91. The lowest BCUT2D eigenvalue weighted by molar-refractivity contribution is -0.127. The van der Waals surface area contributed by atoms with Gasteiger partial charge in [0, 0.05) is 38.8 Å². The molecule has 122 valence electrons. The molecule has 2 fully saturated rings. The first-order valence-electron chi connectivity index (χ1n) is 8.46. The quantitative estimate of drug-likeness (QED) is 0.730. The van der Waals surface area contributed by atoms with Gasteiger partial charge in [0.15, 0.2) is 0 Å². The highest BCUT2D eigenvalue weighted by Gasteiger charge is 2.32.